The van der Waals surface area contributed by atoms with Crippen LogP contribution >= 0.6 is 0 Å². The Kier molecular flexibility index (Phi) is 6.24. The number of hydrogen-bond acceptors (Lipinski definition) is 3. The number of ether oxygens (including phenoxy) is 1. The fraction of sp³-hybridized carbons (Fsp3) is 0.273. The van der Waals surface area contributed by atoms with E-state index in [1.165, 1.54) is 13.0 Å². The van der Waals surface area contributed by atoms with Gasteiger partial charge in [0.15, 0.2) is 11.5 Å². The topological polar surface area (TPSA) is 51.2 Å². The first-order chi connectivity index (χ1) is 14.1. The van der Waals surface area contributed by atoms with Crippen LogP contribution < -0.4 is 10.1 Å². The molecule has 30 heavy (non-hydrogen) atoms. The second kappa shape index (κ2) is 8.69. The highest BCUT2D eigenvalue weighted by atomic mass is 19.4. The second-order valence-corrected chi connectivity index (χ2v) is 7.03. The highest BCUT2D eigenvalue weighted by Crippen LogP contribution is 2.32. The second-order valence-electron chi connectivity index (χ2n) is 7.03. The summed E-state index contributed by atoms with van der Waals surface area (Å²) >= 11 is 0. The highest BCUT2D eigenvalue weighted by molar-refractivity contribution is 5.84. The van der Waals surface area contributed by atoms with Crippen LogP contribution in [0.25, 0.3) is 11.8 Å². The Labute approximate surface area is 171 Å². The minimum atomic E-state index is -4.84. The van der Waals surface area contributed by atoms with E-state index in [-0.39, 0.29) is 17.7 Å². The summed E-state index contributed by atoms with van der Waals surface area (Å²) in [6.07, 6.45) is -1.50. The summed E-state index contributed by atoms with van der Waals surface area (Å²) in [7, 11) is 0. The molecule has 158 valence electrons. The number of carbonyl (C=O) groups is 1. The summed E-state index contributed by atoms with van der Waals surface area (Å²) in [5.41, 5.74) is 0.698. The van der Waals surface area contributed by atoms with E-state index in [4.69, 9.17) is 4.74 Å². The van der Waals surface area contributed by atoms with Crippen LogP contribution in [0.2, 0.25) is 0 Å². The molecular weight excluding hydrogens is 400 g/mol. The van der Waals surface area contributed by atoms with Gasteiger partial charge in [0.25, 0.3) is 0 Å². The van der Waals surface area contributed by atoms with E-state index in [1.54, 1.807) is 30.3 Å². The predicted octanol–water partition coefficient (Wildman–Crippen LogP) is 5.36. The molecule has 1 aliphatic carbocycles. The Bertz CT molecular complexity index is 982. The highest BCUT2D eigenvalue weighted by Gasteiger charge is 2.36. The van der Waals surface area contributed by atoms with Crippen LogP contribution in [0.3, 0.4) is 0 Å². The SMILES string of the molecule is C=C(NC(C)=O)c1ccc(O[C@@H]2CC/C(=C/c3ccc(F)c(C(F)(F)F)n3)C2)cc1. The van der Waals surface area contributed by atoms with Crippen LogP contribution in [0.15, 0.2) is 48.6 Å². The van der Waals surface area contributed by atoms with Gasteiger partial charge in [0.1, 0.15) is 11.9 Å². The molecule has 0 radical (unpaired) electrons. The normalized spacial score (nSPS) is 17.8. The van der Waals surface area contributed by atoms with E-state index in [0.717, 1.165) is 17.2 Å². The lowest BCUT2D eigenvalue weighted by Crippen LogP contribution is -2.17. The molecule has 4 nitrogen and oxygen atoms in total. The molecule has 1 N–H and O–H groups in total. The largest absolute Gasteiger partial charge is 0.490 e. The van der Waals surface area contributed by atoms with Gasteiger partial charge >= 0.3 is 6.18 Å². The third-order valence-corrected chi connectivity index (χ3v) is 4.60. The van der Waals surface area contributed by atoms with Gasteiger partial charge in [0, 0.05) is 19.0 Å². The van der Waals surface area contributed by atoms with Crippen molar-refractivity contribution in [3.05, 3.63) is 71.3 Å². The van der Waals surface area contributed by atoms with Crippen molar-refractivity contribution in [1.82, 2.24) is 10.3 Å². The molecule has 1 atom stereocenters. The third kappa shape index (κ3) is 5.46. The lowest BCUT2D eigenvalue weighted by atomic mass is 10.1. The summed E-state index contributed by atoms with van der Waals surface area (Å²) in [6.45, 7) is 5.20. The predicted molar refractivity (Wildman–Crippen MR) is 105 cm³/mol. The third-order valence-electron chi connectivity index (χ3n) is 4.60. The summed E-state index contributed by atoms with van der Waals surface area (Å²) < 4.78 is 57.8. The number of hydrogen-bond donors (Lipinski definition) is 1. The van der Waals surface area contributed by atoms with Crippen LogP contribution in [-0.4, -0.2) is 17.0 Å². The van der Waals surface area contributed by atoms with E-state index >= 15 is 0 Å². The van der Waals surface area contributed by atoms with Gasteiger partial charge < -0.3 is 10.1 Å². The van der Waals surface area contributed by atoms with Crippen LogP contribution in [-0.2, 0) is 11.0 Å². The molecule has 1 aliphatic rings. The minimum Gasteiger partial charge on any atom is -0.490 e. The van der Waals surface area contributed by atoms with Gasteiger partial charge in [0.2, 0.25) is 5.91 Å². The fourth-order valence-corrected chi connectivity index (χ4v) is 3.23. The van der Waals surface area contributed by atoms with Crippen LogP contribution in [0, 0.1) is 5.82 Å². The van der Waals surface area contributed by atoms with Crippen LogP contribution in [0.4, 0.5) is 17.6 Å². The van der Waals surface area contributed by atoms with Crippen molar-refractivity contribution >= 4 is 17.7 Å². The molecule has 1 saturated carbocycles. The van der Waals surface area contributed by atoms with Gasteiger partial charge in [-0.3, -0.25) is 4.79 Å². The van der Waals surface area contributed by atoms with Crippen molar-refractivity contribution in [3.8, 4) is 5.75 Å². The molecule has 0 aliphatic heterocycles. The number of carbonyl (C=O) groups excluding carboxylic acids is 1. The van der Waals surface area contributed by atoms with Crippen molar-refractivity contribution < 1.29 is 27.1 Å². The average Bonchev–Trinajstić information content (AvgIpc) is 3.09. The molecule has 1 fully saturated rings. The zero-order valence-corrected chi connectivity index (χ0v) is 16.2. The summed E-state index contributed by atoms with van der Waals surface area (Å²) in [6, 6.07) is 9.09. The van der Waals surface area contributed by atoms with Crippen molar-refractivity contribution in [3.63, 3.8) is 0 Å². The summed E-state index contributed by atoms with van der Waals surface area (Å²) in [5, 5.41) is 2.62. The number of alkyl halides is 3. The maximum absolute atomic E-state index is 13.4. The van der Waals surface area contributed by atoms with E-state index in [1.807, 2.05) is 0 Å². The number of benzene rings is 1. The molecule has 1 aromatic heterocycles. The number of nitrogens with one attached hydrogen (secondary N) is 1. The quantitative estimate of drug-likeness (QED) is 0.663. The molecule has 0 bridgehead atoms. The zero-order valence-electron chi connectivity index (χ0n) is 16.2. The van der Waals surface area contributed by atoms with Crippen molar-refractivity contribution in [1.29, 1.82) is 0 Å². The van der Waals surface area contributed by atoms with Gasteiger partial charge in [-0.15, -0.1) is 0 Å². The van der Waals surface area contributed by atoms with Gasteiger partial charge in [-0.2, -0.15) is 13.2 Å². The summed E-state index contributed by atoms with van der Waals surface area (Å²) in [5.74, 6) is -0.953. The van der Waals surface area contributed by atoms with E-state index in [9.17, 15) is 22.4 Å². The lowest BCUT2D eigenvalue weighted by molar-refractivity contribution is -0.143. The smallest absolute Gasteiger partial charge is 0.436 e. The Morgan fingerprint density at radius 2 is 1.93 bits per heavy atom. The minimum absolute atomic E-state index is 0.0696. The Hall–Kier alpha value is -3.16. The molecule has 0 spiro atoms. The number of nitrogens with zero attached hydrogens (tertiary/aromatic N) is 1. The fourth-order valence-electron chi connectivity index (χ4n) is 3.23. The number of halogens is 4. The maximum atomic E-state index is 13.4. The van der Waals surface area contributed by atoms with Gasteiger partial charge in [0.05, 0.1) is 5.69 Å². The van der Waals surface area contributed by atoms with Crippen molar-refractivity contribution in [2.45, 2.75) is 38.5 Å². The number of aromatic nitrogens is 1. The van der Waals surface area contributed by atoms with Gasteiger partial charge in [-0.25, -0.2) is 9.37 Å². The number of amides is 1. The molecule has 0 unspecified atom stereocenters. The van der Waals surface area contributed by atoms with Crippen LogP contribution in [0.5, 0.6) is 5.75 Å². The standard InChI is InChI=1S/C22H20F4N2O2/c1-13(27-14(2)29)16-4-8-18(9-5-16)30-19-7-3-15(12-19)11-17-6-10-20(23)21(28-17)22(24,25)26/h4-6,8-11,19H,1,3,7,12H2,2H3,(H,27,29)/b15-11-/t19-/m1/s1. The first-order valence-electron chi connectivity index (χ1n) is 9.28. The van der Waals surface area contributed by atoms with Gasteiger partial charge in [-0.05, 0) is 60.9 Å². The molecule has 0 saturated heterocycles. The van der Waals surface area contributed by atoms with E-state index in [0.29, 0.717) is 30.7 Å². The van der Waals surface area contributed by atoms with Crippen LogP contribution in [0.1, 0.15) is 43.1 Å². The monoisotopic (exact) mass is 420 g/mol. The average molecular weight is 420 g/mol. The maximum Gasteiger partial charge on any atom is 0.436 e. The molecule has 1 amide bonds. The first kappa shape index (κ1) is 21.5. The number of rotatable bonds is 5. The Balaban J connectivity index is 1.63. The van der Waals surface area contributed by atoms with Gasteiger partial charge in [-0.1, -0.05) is 12.2 Å². The molecule has 8 heteroatoms. The number of pyridine rings is 1. The Morgan fingerprint density at radius 1 is 1.23 bits per heavy atom. The Morgan fingerprint density at radius 3 is 2.57 bits per heavy atom. The van der Waals surface area contributed by atoms with E-state index in [2.05, 4.69) is 16.9 Å². The molecule has 2 aromatic rings. The lowest BCUT2D eigenvalue weighted by Gasteiger charge is -2.14. The first-order valence-corrected chi connectivity index (χ1v) is 9.28. The molecule has 1 heterocycles. The molecule has 3 rings (SSSR count). The van der Waals surface area contributed by atoms with Crippen molar-refractivity contribution in [2.24, 2.45) is 0 Å². The van der Waals surface area contributed by atoms with Crippen molar-refractivity contribution in [2.75, 3.05) is 0 Å². The zero-order chi connectivity index (χ0) is 21.9. The summed E-state index contributed by atoms with van der Waals surface area (Å²) in [4.78, 5) is 14.5. The molecular formula is C22H20F4N2O2. The molecule has 1 aromatic carbocycles. The van der Waals surface area contributed by atoms with E-state index < -0.39 is 17.7 Å².